The number of carboxylic acids is 1. The Bertz CT molecular complexity index is 639. The SMILES string of the molecule is COc1ccc(C(=O)O)c2cc(C(O)C3CC3)oc12. The lowest BCUT2D eigenvalue weighted by Crippen LogP contribution is -1.97. The summed E-state index contributed by atoms with van der Waals surface area (Å²) < 4.78 is 10.8. The van der Waals surface area contributed by atoms with E-state index in [9.17, 15) is 15.0 Å². The lowest BCUT2D eigenvalue weighted by molar-refractivity contribution is 0.0699. The zero-order valence-corrected chi connectivity index (χ0v) is 10.4. The van der Waals surface area contributed by atoms with Crippen LogP contribution in [0.25, 0.3) is 11.0 Å². The quantitative estimate of drug-likeness (QED) is 0.885. The van der Waals surface area contributed by atoms with Crippen molar-refractivity contribution >= 4 is 16.9 Å². The first-order valence-corrected chi connectivity index (χ1v) is 6.13. The van der Waals surface area contributed by atoms with Crippen molar-refractivity contribution in [2.24, 2.45) is 5.92 Å². The van der Waals surface area contributed by atoms with Crippen LogP contribution in [0.1, 0.15) is 35.1 Å². The number of aliphatic hydroxyl groups is 1. The van der Waals surface area contributed by atoms with Gasteiger partial charge in [-0.2, -0.15) is 0 Å². The van der Waals surface area contributed by atoms with Crippen molar-refractivity contribution in [2.75, 3.05) is 7.11 Å². The molecule has 0 amide bonds. The zero-order chi connectivity index (χ0) is 13.6. The Morgan fingerprint density at radius 3 is 2.79 bits per heavy atom. The lowest BCUT2D eigenvalue weighted by Gasteiger charge is -2.04. The van der Waals surface area contributed by atoms with Crippen molar-refractivity contribution in [3.05, 3.63) is 29.5 Å². The fourth-order valence-electron chi connectivity index (χ4n) is 2.25. The van der Waals surface area contributed by atoms with E-state index in [1.807, 2.05) is 0 Å². The molecule has 1 fully saturated rings. The number of benzene rings is 1. The predicted octanol–water partition coefficient (Wildman–Crippen LogP) is 2.58. The maximum absolute atomic E-state index is 11.2. The monoisotopic (exact) mass is 262 g/mol. The van der Waals surface area contributed by atoms with Gasteiger partial charge in [0.1, 0.15) is 11.9 Å². The van der Waals surface area contributed by atoms with Crippen LogP contribution in [0.4, 0.5) is 0 Å². The van der Waals surface area contributed by atoms with E-state index in [2.05, 4.69) is 0 Å². The summed E-state index contributed by atoms with van der Waals surface area (Å²) in [6.07, 6.45) is 1.28. The first-order valence-electron chi connectivity index (χ1n) is 6.13. The topological polar surface area (TPSA) is 79.9 Å². The molecular formula is C14H14O5. The Kier molecular flexibility index (Phi) is 2.71. The van der Waals surface area contributed by atoms with Gasteiger partial charge in [0, 0.05) is 5.39 Å². The third-order valence-corrected chi connectivity index (χ3v) is 3.48. The molecule has 0 spiro atoms. The van der Waals surface area contributed by atoms with Crippen molar-refractivity contribution in [1.82, 2.24) is 0 Å². The van der Waals surface area contributed by atoms with Crippen molar-refractivity contribution < 1.29 is 24.2 Å². The molecule has 5 nitrogen and oxygen atoms in total. The van der Waals surface area contributed by atoms with Gasteiger partial charge in [-0.1, -0.05) is 0 Å². The van der Waals surface area contributed by atoms with E-state index in [-0.39, 0.29) is 11.5 Å². The van der Waals surface area contributed by atoms with Crippen LogP contribution in [0.3, 0.4) is 0 Å². The lowest BCUT2D eigenvalue weighted by atomic mass is 10.1. The fourth-order valence-corrected chi connectivity index (χ4v) is 2.25. The molecule has 1 aliphatic rings. The number of methoxy groups -OCH3 is 1. The average molecular weight is 262 g/mol. The van der Waals surface area contributed by atoms with Gasteiger partial charge in [0.2, 0.25) is 0 Å². The third kappa shape index (κ3) is 1.96. The third-order valence-electron chi connectivity index (χ3n) is 3.48. The minimum Gasteiger partial charge on any atom is -0.493 e. The number of carbonyl (C=O) groups is 1. The van der Waals surface area contributed by atoms with Gasteiger partial charge < -0.3 is 19.4 Å². The van der Waals surface area contributed by atoms with E-state index in [1.54, 1.807) is 12.1 Å². The van der Waals surface area contributed by atoms with Crippen molar-refractivity contribution in [2.45, 2.75) is 18.9 Å². The largest absolute Gasteiger partial charge is 0.493 e. The van der Waals surface area contributed by atoms with Crippen LogP contribution in [0.5, 0.6) is 5.75 Å². The molecule has 1 aromatic carbocycles. The van der Waals surface area contributed by atoms with Crippen molar-refractivity contribution in [3.8, 4) is 5.75 Å². The maximum atomic E-state index is 11.2. The molecule has 100 valence electrons. The standard InChI is InChI=1S/C14H14O5/c1-18-10-5-4-8(14(16)17)9-6-11(19-13(9)10)12(15)7-2-3-7/h4-7,12,15H,2-3H2,1H3,(H,16,17). The minimum absolute atomic E-state index is 0.147. The number of aromatic carboxylic acids is 1. The first-order chi connectivity index (χ1) is 9.11. The van der Waals surface area contributed by atoms with E-state index in [1.165, 1.54) is 13.2 Å². The molecule has 5 heteroatoms. The second-order valence-electron chi connectivity index (χ2n) is 4.79. The molecular weight excluding hydrogens is 248 g/mol. The summed E-state index contributed by atoms with van der Waals surface area (Å²) in [6, 6.07) is 4.64. The molecule has 0 radical (unpaired) electrons. The first kappa shape index (κ1) is 12.0. The molecule has 1 heterocycles. The summed E-state index contributed by atoms with van der Waals surface area (Å²) in [5.41, 5.74) is 0.519. The molecule has 2 aromatic rings. The normalized spacial score (nSPS) is 16.5. The Hall–Kier alpha value is -2.01. The molecule has 3 rings (SSSR count). The van der Waals surface area contributed by atoms with E-state index in [0.29, 0.717) is 22.5 Å². The van der Waals surface area contributed by atoms with Gasteiger partial charge in [-0.05, 0) is 37.0 Å². The van der Waals surface area contributed by atoms with Gasteiger partial charge >= 0.3 is 5.97 Å². The number of ether oxygens (including phenoxy) is 1. The van der Waals surface area contributed by atoms with Crippen molar-refractivity contribution in [3.63, 3.8) is 0 Å². The second-order valence-corrected chi connectivity index (χ2v) is 4.79. The smallest absolute Gasteiger partial charge is 0.336 e. The van der Waals surface area contributed by atoms with Crippen molar-refractivity contribution in [1.29, 1.82) is 0 Å². The summed E-state index contributed by atoms with van der Waals surface area (Å²) in [6.45, 7) is 0. The summed E-state index contributed by atoms with van der Waals surface area (Å²) in [5.74, 6) is 0.0690. The van der Waals surface area contributed by atoms with Crippen LogP contribution in [0, 0.1) is 5.92 Å². The summed E-state index contributed by atoms with van der Waals surface area (Å²) in [5, 5.41) is 19.7. The fraction of sp³-hybridized carbons (Fsp3) is 0.357. The van der Waals surface area contributed by atoms with Gasteiger partial charge in [-0.3, -0.25) is 0 Å². The van der Waals surface area contributed by atoms with Crippen LogP contribution in [-0.2, 0) is 0 Å². The number of furan rings is 1. The molecule has 1 saturated carbocycles. The molecule has 1 unspecified atom stereocenters. The summed E-state index contributed by atoms with van der Waals surface area (Å²) in [7, 11) is 1.49. The van der Waals surface area contributed by atoms with Crippen LogP contribution in [-0.4, -0.2) is 23.3 Å². The minimum atomic E-state index is -1.03. The highest BCUT2D eigenvalue weighted by Crippen LogP contribution is 2.43. The number of hydrogen-bond donors (Lipinski definition) is 2. The number of rotatable bonds is 4. The summed E-state index contributed by atoms with van der Waals surface area (Å²) in [4.78, 5) is 11.2. The van der Waals surface area contributed by atoms with Crippen LogP contribution in [0.2, 0.25) is 0 Å². The van der Waals surface area contributed by atoms with Gasteiger partial charge in [-0.25, -0.2) is 4.79 Å². The second kappa shape index (κ2) is 4.28. The van der Waals surface area contributed by atoms with Gasteiger partial charge in [0.05, 0.1) is 12.7 Å². The van der Waals surface area contributed by atoms with Gasteiger partial charge in [0.25, 0.3) is 0 Å². The molecule has 1 aliphatic carbocycles. The van der Waals surface area contributed by atoms with Gasteiger partial charge in [-0.15, -0.1) is 0 Å². The highest BCUT2D eigenvalue weighted by Gasteiger charge is 2.33. The Labute approximate surface area is 109 Å². The number of hydrogen-bond acceptors (Lipinski definition) is 4. The zero-order valence-electron chi connectivity index (χ0n) is 10.4. The molecule has 0 bridgehead atoms. The van der Waals surface area contributed by atoms with E-state index < -0.39 is 12.1 Å². The Morgan fingerprint density at radius 1 is 1.47 bits per heavy atom. The number of carboxylic acid groups (broad SMARTS) is 1. The average Bonchev–Trinajstić information content (AvgIpc) is 3.14. The Balaban J connectivity index is 2.17. The number of fused-ring (bicyclic) bond motifs is 1. The van der Waals surface area contributed by atoms with Crippen LogP contribution in [0.15, 0.2) is 22.6 Å². The molecule has 1 aromatic heterocycles. The maximum Gasteiger partial charge on any atom is 0.336 e. The van der Waals surface area contributed by atoms with Gasteiger partial charge in [0.15, 0.2) is 11.3 Å². The highest BCUT2D eigenvalue weighted by atomic mass is 16.5. The van der Waals surface area contributed by atoms with E-state index in [4.69, 9.17) is 9.15 Å². The molecule has 19 heavy (non-hydrogen) atoms. The molecule has 1 atom stereocenters. The summed E-state index contributed by atoms with van der Waals surface area (Å²) >= 11 is 0. The molecule has 0 aliphatic heterocycles. The van der Waals surface area contributed by atoms with E-state index in [0.717, 1.165) is 12.8 Å². The molecule has 0 saturated heterocycles. The number of aliphatic hydroxyl groups excluding tert-OH is 1. The van der Waals surface area contributed by atoms with E-state index >= 15 is 0 Å². The predicted molar refractivity (Wildman–Crippen MR) is 67.4 cm³/mol. The van der Waals surface area contributed by atoms with Crippen LogP contribution >= 0.6 is 0 Å². The highest BCUT2D eigenvalue weighted by molar-refractivity contribution is 6.04. The Morgan fingerprint density at radius 2 is 2.21 bits per heavy atom. The molecule has 2 N–H and O–H groups in total. The van der Waals surface area contributed by atoms with Crippen LogP contribution < -0.4 is 4.74 Å².